The molecule has 5 rings (SSSR count). The molecule has 0 saturated heterocycles. The van der Waals surface area contributed by atoms with Gasteiger partial charge in [-0.3, -0.25) is 19.5 Å². The van der Waals surface area contributed by atoms with Crippen LogP contribution in [0.15, 0.2) is 44.1 Å². The van der Waals surface area contributed by atoms with Crippen LogP contribution in [0, 0.1) is 6.92 Å². The molecule has 158 valence electrons. The highest BCUT2D eigenvalue weighted by molar-refractivity contribution is 7.15. The number of carbonyl (C=O) groups excluding carboxylic acids is 2. The molecular weight excluding hydrogens is 422 g/mol. The maximum atomic E-state index is 12.9. The minimum atomic E-state index is -0.557. The zero-order valence-corrected chi connectivity index (χ0v) is 17.3. The molecule has 11 heteroatoms. The van der Waals surface area contributed by atoms with Gasteiger partial charge in [0.05, 0.1) is 17.8 Å². The summed E-state index contributed by atoms with van der Waals surface area (Å²) in [7, 11) is 0. The lowest BCUT2D eigenvalue weighted by Crippen LogP contribution is -2.38. The van der Waals surface area contributed by atoms with Crippen LogP contribution in [0.2, 0.25) is 0 Å². The van der Waals surface area contributed by atoms with Crippen LogP contribution in [0.5, 0.6) is 0 Å². The Morgan fingerprint density at radius 2 is 2.13 bits per heavy atom. The zero-order valence-electron chi connectivity index (χ0n) is 16.5. The van der Waals surface area contributed by atoms with E-state index < -0.39 is 11.7 Å². The topological polar surface area (TPSA) is 123 Å². The molecule has 0 fully saturated rings. The lowest BCUT2D eigenvalue weighted by Gasteiger charge is -2.26. The highest BCUT2D eigenvalue weighted by Crippen LogP contribution is 2.29. The van der Waals surface area contributed by atoms with E-state index in [1.165, 1.54) is 15.9 Å². The molecule has 2 amide bonds. The molecule has 1 N–H and O–H groups in total. The zero-order chi connectivity index (χ0) is 21.5. The molecule has 1 aliphatic rings. The summed E-state index contributed by atoms with van der Waals surface area (Å²) in [6, 6.07) is 8.55. The Balaban J connectivity index is 1.29. The van der Waals surface area contributed by atoms with E-state index in [0.717, 1.165) is 10.6 Å². The molecule has 0 saturated carbocycles. The highest BCUT2D eigenvalue weighted by atomic mass is 32.1. The second kappa shape index (κ2) is 7.51. The predicted octanol–water partition coefficient (Wildman–Crippen LogP) is 2.18. The van der Waals surface area contributed by atoms with Gasteiger partial charge in [0.15, 0.2) is 16.4 Å². The molecule has 1 aromatic carbocycles. The fourth-order valence-electron chi connectivity index (χ4n) is 3.50. The second-order valence-corrected chi connectivity index (χ2v) is 8.24. The number of benzene rings is 1. The van der Waals surface area contributed by atoms with Gasteiger partial charge in [-0.1, -0.05) is 28.6 Å². The number of carbonyl (C=O) groups is 2. The Hall–Kier alpha value is -3.73. The molecule has 4 aromatic rings. The van der Waals surface area contributed by atoms with Crippen molar-refractivity contribution in [2.45, 2.75) is 26.4 Å². The van der Waals surface area contributed by atoms with Crippen molar-refractivity contribution < 1.29 is 18.5 Å². The summed E-state index contributed by atoms with van der Waals surface area (Å²) in [6.45, 7) is 2.46. The molecule has 0 atom stereocenters. The number of hydrogen-bond acceptors (Lipinski definition) is 8. The maximum Gasteiger partial charge on any atom is 0.420 e. The van der Waals surface area contributed by atoms with Crippen LogP contribution in [0.4, 0.5) is 5.13 Å². The Labute approximate surface area is 179 Å². The first-order valence-corrected chi connectivity index (χ1v) is 10.4. The van der Waals surface area contributed by atoms with Gasteiger partial charge < -0.3 is 13.8 Å². The van der Waals surface area contributed by atoms with Gasteiger partial charge in [0.1, 0.15) is 12.3 Å². The quantitative estimate of drug-likeness (QED) is 0.517. The van der Waals surface area contributed by atoms with Crippen molar-refractivity contribution >= 4 is 39.4 Å². The van der Waals surface area contributed by atoms with Crippen molar-refractivity contribution in [2.24, 2.45) is 0 Å². The van der Waals surface area contributed by atoms with Gasteiger partial charge in [-0.2, -0.15) is 0 Å². The molecule has 31 heavy (non-hydrogen) atoms. The largest absolute Gasteiger partial charge is 0.420 e. The SMILES string of the molecule is Cc1cc(C(=O)Nc2nc3c(s2)CN(C(=O)Cn2c(=O)oc4ccccc42)CC3)no1. The third-order valence-corrected chi connectivity index (χ3v) is 6.03. The molecule has 1 aliphatic heterocycles. The van der Waals surface area contributed by atoms with Gasteiger partial charge in [0.25, 0.3) is 5.91 Å². The summed E-state index contributed by atoms with van der Waals surface area (Å²) in [4.78, 5) is 44.3. The molecule has 4 heterocycles. The maximum absolute atomic E-state index is 12.9. The average molecular weight is 439 g/mol. The standard InChI is InChI=1S/C20H17N5O5S/c1-11-8-13(23-30-11)18(27)22-19-21-12-6-7-24(9-16(12)31-19)17(26)10-25-14-4-2-3-5-15(14)29-20(25)28/h2-5,8H,6-7,9-10H2,1H3,(H,21,22,27). The minimum Gasteiger partial charge on any atom is -0.408 e. The summed E-state index contributed by atoms with van der Waals surface area (Å²) in [5.41, 5.74) is 2.07. The Morgan fingerprint density at radius 1 is 1.29 bits per heavy atom. The smallest absolute Gasteiger partial charge is 0.408 e. The monoisotopic (exact) mass is 439 g/mol. The third-order valence-electron chi connectivity index (χ3n) is 5.03. The number of hydrogen-bond donors (Lipinski definition) is 1. The van der Waals surface area contributed by atoms with E-state index in [2.05, 4.69) is 15.5 Å². The number of para-hydroxylation sites is 2. The number of nitrogens with one attached hydrogen (secondary N) is 1. The minimum absolute atomic E-state index is 0.0981. The van der Waals surface area contributed by atoms with E-state index in [4.69, 9.17) is 8.94 Å². The van der Waals surface area contributed by atoms with Gasteiger partial charge in [0.2, 0.25) is 5.91 Å². The summed E-state index contributed by atoms with van der Waals surface area (Å²) in [5.74, 6) is -0.598. The van der Waals surface area contributed by atoms with E-state index in [9.17, 15) is 14.4 Å². The predicted molar refractivity (Wildman–Crippen MR) is 111 cm³/mol. The van der Waals surface area contributed by atoms with Crippen molar-refractivity contribution in [3.05, 3.63) is 62.9 Å². The Morgan fingerprint density at radius 3 is 2.94 bits per heavy atom. The van der Waals surface area contributed by atoms with Crippen LogP contribution in [-0.2, 0) is 24.3 Å². The molecule has 0 aliphatic carbocycles. The number of amides is 2. The number of fused-ring (bicyclic) bond motifs is 2. The number of rotatable bonds is 4. The first-order chi connectivity index (χ1) is 15.0. The van der Waals surface area contributed by atoms with Gasteiger partial charge in [-0.25, -0.2) is 9.78 Å². The van der Waals surface area contributed by atoms with Gasteiger partial charge in [-0.05, 0) is 19.1 Å². The van der Waals surface area contributed by atoms with Crippen LogP contribution in [0.1, 0.15) is 26.8 Å². The molecule has 10 nitrogen and oxygen atoms in total. The average Bonchev–Trinajstić information content (AvgIpc) is 3.44. The van der Waals surface area contributed by atoms with Crippen molar-refractivity contribution in [1.29, 1.82) is 0 Å². The normalized spacial score (nSPS) is 13.4. The van der Waals surface area contributed by atoms with Crippen LogP contribution in [-0.4, -0.2) is 38.0 Å². The van der Waals surface area contributed by atoms with Crippen LogP contribution >= 0.6 is 11.3 Å². The fourth-order valence-corrected chi connectivity index (χ4v) is 4.51. The third kappa shape index (κ3) is 3.63. The van der Waals surface area contributed by atoms with E-state index in [1.54, 1.807) is 42.2 Å². The molecule has 0 spiro atoms. The molecule has 0 unspecified atom stereocenters. The van der Waals surface area contributed by atoms with Gasteiger partial charge >= 0.3 is 5.76 Å². The number of oxazole rings is 1. The van der Waals surface area contributed by atoms with Crippen LogP contribution in [0.25, 0.3) is 11.1 Å². The number of thiazole rings is 1. The summed E-state index contributed by atoms with van der Waals surface area (Å²) < 4.78 is 11.5. The molecule has 0 bridgehead atoms. The van der Waals surface area contributed by atoms with Crippen molar-refractivity contribution in [2.75, 3.05) is 11.9 Å². The fraction of sp³-hybridized carbons (Fsp3) is 0.250. The number of aryl methyl sites for hydroxylation is 1. The van der Waals surface area contributed by atoms with Gasteiger partial charge in [0, 0.05) is 23.9 Å². The lowest BCUT2D eigenvalue weighted by atomic mass is 10.2. The Bertz CT molecular complexity index is 1360. The van der Waals surface area contributed by atoms with Crippen LogP contribution < -0.4 is 11.1 Å². The van der Waals surface area contributed by atoms with Crippen molar-refractivity contribution in [1.82, 2.24) is 19.6 Å². The van der Waals surface area contributed by atoms with E-state index in [-0.39, 0.29) is 18.1 Å². The van der Waals surface area contributed by atoms with Crippen molar-refractivity contribution in [3.8, 4) is 0 Å². The summed E-state index contributed by atoms with van der Waals surface area (Å²) >= 11 is 1.32. The number of nitrogens with zero attached hydrogens (tertiary/aromatic N) is 4. The molecule has 3 aromatic heterocycles. The first kappa shape index (κ1) is 19.2. The van der Waals surface area contributed by atoms with Gasteiger partial charge in [-0.15, -0.1) is 0 Å². The summed E-state index contributed by atoms with van der Waals surface area (Å²) in [5, 5.41) is 6.86. The van der Waals surface area contributed by atoms with E-state index in [1.807, 2.05) is 0 Å². The van der Waals surface area contributed by atoms with E-state index >= 15 is 0 Å². The lowest BCUT2D eigenvalue weighted by molar-refractivity contribution is -0.132. The molecular formula is C20H17N5O5S. The first-order valence-electron chi connectivity index (χ1n) is 9.57. The highest BCUT2D eigenvalue weighted by Gasteiger charge is 2.26. The number of anilines is 1. The molecule has 0 radical (unpaired) electrons. The van der Waals surface area contributed by atoms with E-state index in [0.29, 0.717) is 41.5 Å². The van der Waals surface area contributed by atoms with Crippen molar-refractivity contribution in [3.63, 3.8) is 0 Å². The van der Waals surface area contributed by atoms with Crippen LogP contribution in [0.3, 0.4) is 0 Å². The summed E-state index contributed by atoms with van der Waals surface area (Å²) in [6.07, 6.45) is 0.567. The second-order valence-electron chi connectivity index (χ2n) is 7.15. The Kier molecular flexibility index (Phi) is 4.66. The number of aromatic nitrogens is 3.